The van der Waals surface area contributed by atoms with Crippen LogP contribution in [0.25, 0.3) is 0 Å². The Morgan fingerprint density at radius 1 is 1.07 bits per heavy atom. The third-order valence-electron chi connectivity index (χ3n) is 6.38. The number of phenolic OH excluding ortho intramolecular Hbond substituents is 1. The van der Waals surface area contributed by atoms with E-state index in [2.05, 4.69) is 35.7 Å². The second kappa shape index (κ2) is 6.86. The highest BCUT2D eigenvalue weighted by molar-refractivity contribution is 5.64. The number of hydrogen-bond acceptors (Lipinski definition) is 4. The Bertz CT molecular complexity index is 1130. The number of rotatable bonds is 2. The van der Waals surface area contributed by atoms with Gasteiger partial charge in [-0.2, -0.15) is 5.26 Å². The molecule has 0 saturated carbocycles. The quantitative estimate of drug-likeness (QED) is 0.645. The van der Waals surface area contributed by atoms with Crippen molar-refractivity contribution in [3.05, 3.63) is 88.5 Å². The first-order valence-electron chi connectivity index (χ1n) is 9.95. The van der Waals surface area contributed by atoms with Crippen LogP contribution in [0.4, 0.5) is 5.69 Å². The molecule has 3 aromatic carbocycles. The van der Waals surface area contributed by atoms with Crippen LogP contribution in [0.5, 0.6) is 11.5 Å². The van der Waals surface area contributed by atoms with Gasteiger partial charge in [-0.3, -0.25) is 0 Å². The standard InChI is InChI=1S/C25H22N2O2/c1-29-23-13-17(8-11-22(23)28)25-19-9-7-16-4-2-3-5-18(16)24(19)20-12-15(14-26)6-10-21(20)27-25/h2-6,8,10-13,19,24-25,27-28H,7,9H2,1H3. The molecule has 29 heavy (non-hydrogen) atoms. The molecule has 1 aliphatic carbocycles. The number of fused-ring (bicyclic) bond motifs is 5. The van der Waals surface area contributed by atoms with Crippen molar-refractivity contribution in [2.45, 2.75) is 24.8 Å². The lowest BCUT2D eigenvalue weighted by Gasteiger charge is -2.44. The van der Waals surface area contributed by atoms with Crippen molar-refractivity contribution in [3.8, 4) is 17.6 Å². The largest absolute Gasteiger partial charge is 0.504 e. The molecule has 0 aromatic heterocycles. The minimum absolute atomic E-state index is 0.100. The molecule has 2 aliphatic rings. The fourth-order valence-corrected chi connectivity index (χ4v) is 5.06. The second-order valence-corrected chi connectivity index (χ2v) is 7.85. The summed E-state index contributed by atoms with van der Waals surface area (Å²) in [6, 6.07) is 22.6. The third kappa shape index (κ3) is 2.82. The Balaban J connectivity index is 1.68. The van der Waals surface area contributed by atoms with Crippen LogP contribution in [-0.2, 0) is 6.42 Å². The van der Waals surface area contributed by atoms with E-state index in [4.69, 9.17) is 4.74 Å². The number of benzene rings is 3. The molecule has 0 radical (unpaired) electrons. The lowest BCUT2D eigenvalue weighted by atomic mass is 9.65. The molecule has 144 valence electrons. The second-order valence-electron chi connectivity index (χ2n) is 7.85. The van der Waals surface area contributed by atoms with E-state index in [9.17, 15) is 10.4 Å². The van der Waals surface area contributed by atoms with Gasteiger partial charge in [0, 0.05) is 11.6 Å². The van der Waals surface area contributed by atoms with E-state index >= 15 is 0 Å². The molecule has 0 amide bonds. The summed E-state index contributed by atoms with van der Waals surface area (Å²) in [4.78, 5) is 0. The average Bonchev–Trinajstić information content (AvgIpc) is 2.78. The van der Waals surface area contributed by atoms with Crippen LogP contribution >= 0.6 is 0 Å². The third-order valence-corrected chi connectivity index (χ3v) is 6.38. The van der Waals surface area contributed by atoms with Crippen LogP contribution in [0.15, 0.2) is 60.7 Å². The van der Waals surface area contributed by atoms with Crippen molar-refractivity contribution in [3.63, 3.8) is 0 Å². The Hall–Kier alpha value is -3.45. The molecular weight excluding hydrogens is 360 g/mol. The molecule has 4 nitrogen and oxygen atoms in total. The van der Waals surface area contributed by atoms with Gasteiger partial charge in [-0.05, 0) is 71.3 Å². The van der Waals surface area contributed by atoms with Gasteiger partial charge in [0.1, 0.15) is 0 Å². The number of nitrogens with one attached hydrogen (secondary N) is 1. The minimum atomic E-state index is 0.100. The molecule has 3 aromatic rings. The number of nitrogens with zero attached hydrogens (tertiary/aromatic N) is 1. The summed E-state index contributed by atoms with van der Waals surface area (Å²) in [5.41, 5.74) is 6.81. The van der Waals surface area contributed by atoms with E-state index in [-0.39, 0.29) is 17.7 Å². The summed E-state index contributed by atoms with van der Waals surface area (Å²) in [7, 11) is 1.57. The number of methoxy groups -OCH3 is 1. The molecule has 0 saturated heterocycles. The van der Waals surface area contributed by atoms with Crippen molar-refractivity contribution in [1.82, 2.24) is 0 Å². The summed E-state index contributed by atoms with van der Waals surface area (Å²) >= 11 is 0. The summed E-state index contributed by atoms with van der Waals surface area (Å²) in [5.74, 6) is 1.22. The summed E-state index contributed by atoms with van der Waals surface area (Å²) in [5, 5.41) is 23.2. The highest BCUT2D eigenvalue weighted by atomic mass is 16.5. The van der Waals surface area contributed by atoms with E-state index in [1.807, 2.05) is 30.3 Å². The predicted octanol–water partition coefficient (Wildman–Crippen LogP) is 5.13. The van der Waals surface area contributed by atoms with Crippen molar-refractivity contribution < 1.29 is 9.84 Å². The summed E-state index contributed by atoms with van der Waals surface area (Å²) in [6.07, 6.45) is 2.09. The molecule has 2 N–H and O–H groups in total. The van der Waals surface area contributed by atoms with E-state index in [1.165, 1.54) is 16.7 Å². The van der Waals surface area contributed by atoms with E-state index in [0.29, 0.717) is 17.2 Å². The van der Waals surface area contributed by atoms with Gasteiger partial charge in [0.15, 0.2) is 11.5 Å². The van der Waals surface area contributed by atoms with Crippen LogP contribution in [-0.4, -0.2) is 12.2 Å². The van der Waals surface area contributed by atoms with Crippen LogP contribution < -0.4 is 10.1 Å². The first-order chi connectivity index (χ1) is 14.2. The molecular formula is C25H22N2O2. The smallest absolute Gasteiger partial charge is 0.160 e. The zero-order valence-corrected chi connectivity index (χ0v) is 16.2. The maximum atomic E-state index is 10.0. The molecule has 0 fully saturated rings. The first kappa shape index (κ1) is 17.6. The normalized spacial score (nSPS) is 21.7. The van der Waals surface area contributed by atoms with Crippen LogP contribution in [0.3, 0.4) is 0 Å². The molecule has 3 unspecified atom stereocenters. The van der Waals surface area contributed by atoms with Gasteiger partial charge in [-0.25, -0.2) is 0 Å². The fourth-order valence-electron chi connectivity index (χ4n) is 5.06. The van der Waals surface area contributed by atoms with Crippen molar-refractivity contribution in [2.24, 2.45) is 5.92 Å². The summed E-state index contributed by atoms with van der Waals surface area (Å²) in [6.45, 7) is 0. The molecule has 1 heterocycles. The van der Waals surface area contributed by atoms with Gasteiger partial charge < -0.3 is 15.2 Å². The molecule has 0 spiro atoms. The number of aryl methyl sites for hydroxylation is 1. The van der Waals surface area contributed by atoms with Crippen molar-refractivity contribution in [1.29, 1.82) is 5.26 Å². The number of anilines is 1. The van der Waals surface area contributed by atoms with E-state index in [1.54, 1.807) is 13.2 Å². The Labute approximate surface area is 170 Å². The number of aromatic hydroxyl groups is 1. The highest BCUT2D eigenvalue weighted by Crippen LogP contribution is 2.53. The molecule has 5 rings (SSSR count). The maximum Gasteiger partial charge on any atom is 0.160 e. The zero-order chi connectivity index (χ0) is 20.0. The Kier molecular flexibility index (Phi) is 4.17. The molecule has 0 bridgehead atoms. The number of phenols is 1. The van der Waals surface area contributed by atoms with Gasteiger partial charge in [0.05, 0.1) is 24.8 Å². The highest BCUT2D eigenvalue weighted by Gasteiger charge is 2.41. The van der Waals surface area contributed by atoms with Gasteiger partial charge >= 0.3 is 0 Å². The topological polar surface area (TPSA) is 65.3 Å². The lowest BCUT2D eigenvalue weighted by molar-refractivity contribution is 0.344. The van der Waals surface area contributed by atoms with Crippen molar-refractivity contribution >= 4 is 5.69 Å². The first-order valence-corrected chi connectivity index (χ1v) is 9.95. The van der Waals surface area contributed by atoms with E-state index < -0.39 is 0 Å². The average molecular weight is 382 g/mol. The molecule has 1 aliphatic heterocycles. The number of hydrogen-bond donors (Lipinski definition) is 2. The Morgan fingerprint density at radius 3 is 2.76 bits per heavy atom. The predicted molar refractivity (Wildman–Crippen MR) is 112 cm³/mol. The van der Waals surface area contributed by atoms with Gasteiger partial charge in [0.25, 0.3) is 0 Å². The fraction of sp³-hybridized carbons (Fsp3) is 0.240. The van der Waals surface area contributed by atoms with Gasteiger partial charge in [0.2, 0.25) is 0 Å². The van der Waals surface area contributed by atoms with E-state index in [0.717, 1.165) is 24.1 Å². The van der Waals surface area contributed by atoms with Crippen LogP contribution in [0.2, 0.25) is 0 Å². The SMILES string of the molecule is COc1cc(C2Nc3ccc(C#N)cc3C3c4ccccc4CCC23)ccc1O. The maximum absolute atomic E-state index is 10.0. The summed E-state index contributed by atoms with van der Waals surface area (Å²) < 4.78 is 5.35. The van der Waals surface area contributed by atoms with Crippen LogP contribution in [0, 0.1) is 17.2 Å². The number of ether oxygens (including phenoxy) is 1. The minimum Gasteiger partial charge on any atom is -0.504 e. The Morgan fingerprint density at radius 2 is 1.93 bits per heavy atom. The molecule has 4 heteroatoms. The van der Waals surface area contributed by atoms with Gasteiger partial charge in [-0.1, -0.05) is 30.3 Å². The lowest BCUT2D eigenvalue weighted by Crippen LogP contribution is -2.35. The van der Waals surface area contributed by atoms with Gasteiger partial charge in [-0.15, -0.1) is 0 Å². The molecule has 3 atom stereocenters. The van der Waals surface area contributed by atoms with Crippen LogP contribution in [0.1, 0.15) is 46.2 Å². The number of nitriles is 1. The monoisotopic (exact) mass is 382 g/mol. The van der Waals surface area contributed by atoms with Crippen molar-refractivity contribution in [2.75, 3.05) is 12.4 Å². The zero-order valence-electron chi connectivity index (χ0n) is 16.2.